The number of H-pyrrole nitrogens is 1. The molecule has 3 aromatic rings. The Hall–Kier alpha value is -3.72. The highest BCUT2D eigenvalue weighted by Crippen LogP contribution is 2.27. The number of aromatic nitrogens is 2. The molecule has 4 N–H and O–H groups in total. The van der Waals surface area contributed by atoms with Crippen LogP contribution in [0.5, 0.6) is 0 Å². The lowest BCUT2D eigenvalue weighted by Gasteiger charge is -2.32. The fourth-order valence-corrected chi connectivity index (χ4v) is 5.49. The minimum atomic E-state index is -0.870. The predicted molar refractivity (Wildman–Crippen MR) is 149 cm³/mol. The van der Waals surface area contributed by atoms with Gasteiger partial charge in [0.25, 0.3) is 5.91 Å². The minimum absolute atomic E-state index is 0.0705. The molecule has 1 saturated heterocycles. The van der Waals surface area contributed by atoms with Gasteiger partial charge >= 0.3 is 0 Å². The Morgan fingerprint density at radius 3 is 2.79 bits per heavy atom. The number of para-hydroxylation sites is 1. The first-order valence-corrected chi connectivity index (χ1v) is 13.2. The number of hydrogen-bond donors (Lipinski definition) is 4. The van der Waals surface area contributed by atoms with Gasteiger partial charge in [-0.15, -0.1) is 0 Å². The second-order valence-electron chi connectivity index (χ2n) is 9.77. The van der Waals surface area contributed by atoms with E-state index in [-0.39, 0.29) is 12.5 Å². The molecule has 8 nitrogen and oxygen atoms in total. The number of aliphatic hydroxyl groups excluding tert-OH is 1. The Morgan fingerprint density at radius 2 is 1.97 bits per heavy atom. The van der Waals surface area contributed by atoms with Crippen LogP contribution in [0.25, 0.3) is 11.1 Å². The molecular weight excluding hydrogens is 500 g/mol. The zero-order valence-electron chi connectivity index (χ0n) is 21.1. The molecule has 9 heteroatoms. The van der Waals surface area contributed by atoms with E-state index in [0.29, 0.717) is 39.5 Å². The molecule has 1 amide bonds. The van der Waals surface area contributed by atoms with Crippen molar-refractivity contribution in [3.05, 3.63) is 93.0 Å². The van der Waals surface area contributed by atoms with Gasteiger partial charge < -0.3 is 25.6 Å². The van der Waals surface area contributed by atoms with Crippen LogP contribution < -0.4 is 21.5 Å². The number of fused-ring (bicyclic) bond motifs is 2. The molecule has 0 spiro atoms. The van der Waals surface area contributed by atoms with Crippen LogP contribution in [0.4, 0.5) is 5.69 Å². The molecule has 38 heavy (non-hydrogen) atoms. The van der Waals surface area contributed by atoms with Gasteiger partial charge in [0.2, 0.25) is 0 Å². The Labute approximate surface area is 225 Å². The lowest BCUT2D eigenvalue weighted by atomic mass is 9.96. The number of imidazole rings is 1. The molecule has 2 aromatic carbocycles. The van der Waals surface area contributed by atoms with E-state index < -0.39 is 6.10 Å². The number of rotatable bonds is 4. The van der Waals surface area contributed by atoms with Crippen molar-refractivity contribution >= 4 is 40.1 Å². The van der Waals surface area contributed by atoms with Crippen LogP contribution in [0, 0.1) is 0 Å². The first-order valence-electron chi connectivity index (χ1n) is 12.8. The van der Waals surface area contributed by atoms with Crippen LogP contribution in [0.2, 0.25) is 5.02 Å². The van der Waals surface area contributed by atoms with Gasteiger partial charge in [-0.1, -0.05) is 41.9 Å². The van der Waals surface area contributed by atoms with Crippen LogP contribution in [0.1, 0.15) is 29.8 Å². The normalized spacial score (nSPS) is 20.6. The predicted octanol–water partition coefficient (Wildman–Crippen LogP) is 1.90. The van der Waals surface area contributed by atoms with Crippen LogP contribution >= 0.6 is 11.6 Å². The number of nitrogens with zero attached hydrogens (tertiary/aromatic N) is 3. The molecule has 194 valence electrons. The summed E-state index contributed by atoms with van der Waals surface area (Å²) in [6.07, 6.45) is 2.05. The summed E-state index contributed by atoms with van der Waals surface area (Å²) in [6, 6.07) is 14.6. The summed E-state index contributed by atoms with van der Waals surface area (Å²) in [7, 11) is 0. The molecule has 6 rings (SSSR count). The second-order valence-corrected chi connectivity index (χ2v) is 10.2. The summed E-state index contributed by atoms with van der Waals surface area (Å²) in [5.74, 6) is -0.279. The van der Waals surface area contributed by atoms with E-state index in [2.05, 4.69) is 33.5 Å². The molecule has 0 radical (unpaired) electrons. The molecule has 1 unspecified atom stereocenters. The zero-order chi connectivity index (χ0) is 26.2. The van der Waals surface area contributed by atoms with E-state index >= 15 is 0 Å². The Kier molecular flexibility index (Phi) is 6.61. The summed E-state index contributed by atoms with van der Waals surface area (Å²) in [5, 5.41) is 18.7. The van der Waals surface area contributed by atoms with E-state index in [0.717, 1.165) is 48.4 Å². The number of allylic oxidation sites excluding steroid dienone is 2. The van der Waals surface area contributed by atoms with Crippen molar-refractivity contribution in [1.29, 1.82) is 0 Å². The Morgan fingerprint density at radius 1 is 1.16 bits per heavy atom. The van der Waals surface area contributed by atoms with Gasteiger partial charge in [-0.25, -0.2) is 4.98 Å². The molecule has 3 heterocycles. The molecule has 1 fully saturated rings. The SMILES string of the molecule is CC1=c2[nH]c(=C3C(=O)Nc4ccccc4C3=NCC(O)c3cccc(Cl)c3)nc2CC(N2CCNCC2)=C1. The number of piperazine rings is 1. The number of aliphatic hydroxyl groups is 1. The van der Waals surface area contributed by atoms with Gasteiger partial charge in [0.15, 0.2) is 0 Å². The van der Waals surface area contributed by atoms with Crippen LogP contribution in [0.3, 0.4) is 0 Å². The highest BCUT2D eigenvalue weighted by atomic mass is 35.5. The van der Waals surface area contributed by atoms with Crippen molar-refractivity contribution in [2.45, 2.75) is 19.4 Å². The molecular formula is C29H29ClN6O2. The maximum Gasteiger partial charge on any atom is 0.261 e. The average molecular weight is 529 g/mol. The van der Waals surface area contributed by atoms with Gasteiger partial charge in [-0.05, 0) is 42.3 Å². The van der Waals surface area contributed by atoms with Crippen molar-refractivity contribution < 1.29 is 9.90 Å². The lowest BCUT2D eigenvalue weighted by molar-refractivity contribution is -0.111. The van der Waals surface area contributed by atoms with Crippen molar-refractivity contribution in [3.63, 3.8) is 0 Å². The van der Waals surface area contributed by atoms with Gasteiger partial charge in [0, 0.05) is 48.9 Å². The minimum Gasteiger partial charge on any atom is -0.386 e. The third-order valence-corrected chi connectivity index (χ3v) is 7.45. The number of aromatic amines is 1. The second kappa shape index (κ2) is 10.2. The number of hydrogen-bond acceptors (Lipinski definition) is 6. The van der Waals surface area contributed by atoms with E-state index in [4.69, 9.17) is 21.6 Å². The molecule has 3 aliphatic rings. The standard InChI is InChI=1S/C29H29ClN6O2/c1-17-13-20(36-11-9-31-10-12-36)15-23-26(17)35-28(33-23)25-27(21-7-2-3-8-22(21)34-29(25)38)32-16-24(37)18-5-4-6-19(30)14-18/h2-8,13-14,24,31,35,37H,9-12,15-16H2,1H3,(H,34,38). The number of carbonyl (C=O) groups excluding carboxylic acids is 1. The molecule has 0 bridgehead atoms. The number of amides is 1. The molecule has 2 aliphatic heterocycles. The number of carbonyl (C=O) groups is 1. The largest absolute Gasteiger partial charge is 0.386 e. The maximum atomic E-state index is 13.4. The average Bonchev–Trinajstić information content (AvgIpc) is 3.36. The quantitative estimate of drug-likeness (QED) is 0.414. The summed E-state index contributed by atoms with van der Waals surface area (Å²) in [6.45, 7) is 6.00. The number of anilines is 1. The van der Waals surface area contributed by atoms with Gasteiger partial charge in [-0.2, -0.15) is 0 Å². The van der Waals surface area contributed by atoms with E-state index in [9.17, 15) is 9.90 Å². The highest BCUT2D eigenvalue weighted by Gasteiger charge is 2.29. The lowest BCUT2D eigenvalue weighted by Crippen LogP contribution is -2.43. The Balaban J connectivity index is 1.42. The van der Waals surface area contributed by atoms with Gasteiger partial charge in [0.1, 0.15) is 11.1 Å². The van der Waals surface area contributed by atoms with Gasteiger partial charge in [0.05, 0.1) is 35.1 Å². The van der Waals surface area contributed by atoms with E-state index in [1.807, 2.05) is 30.3 Å². The zero-order valence-corrected chi connectivity index (χ0v) is 21.8. The number of nitrogens with one attached hydrogen (secondary N) is 3. The van der Waals surface area contributed by atoms with Crippen molar-refractivity contribution in [2.24, 2.45) is 4.99 Å². The smallest absolute Gasteiger partial charge is 0.261 e. The third-order valence-electron chi connectivity index (χ3n) is 7.21. The van der Waals surface area contributed by atoms with E-state index in [1.165, 1.54) is 5.70 Å². The number of halogens is 1. The van der Waals surface area contributed by atoms with Crippen molar-refractivity contribution in [3.8, 4) is 0 Å². The first kappa shape index (κ1) is 24.6. The monoisotopic (exact) mass is 528 g/mol. The maximum absolute atomic E-state index is 13.4. The molecule has 1 aliphatic carbocycles. The van der Waals surface area contributed by atoms with Crippen molar-refractivity contribution in [2.75, 3.05) is 38.0 Å². The molecule has 1 aromatic heterocycles. The van der Waals surface area contributed by atoms with E-state index in [1.54, 1.807) is 18.2 Å². The molecule has 0 saturated carbocycles. The fourth-order valence-electron chi connectivity index (χ4n) is 5.29. The van der Waals surface area contributed by atoms with Crippen LogP contribution in [-0.4, -0.2) is 64.3 Å². The topological polar surface area (TPSA) is 106 Å². The van der Waals surface area contributed by atoms with Gasteiger partial charge in [-0.3, -0.25) is 9.79 Å². The van der Waals surface area contributed by atoms with Crippen LogP contribution in [-0.2, 0) is 11.2 Å². The van der Waals surface area contributed by atoms with Crippen molar-refractivity contribution in [1.82, 2.24) is 20.2 Å². The first-order chi connectivity index (χ1) is 18.5. The summed E-state index contributed by atoms with van der Waals surface area (Å²) >= 11 is 6.12. The third kappa shape index (κ3) is 4.67. The Bertz CT molecular complexity index is 1600. The summed E-state index contributed by atoms with van der Waals surface area (Å²) in [4.78, 5) is 28.9. The van der Waals surface area contributed by atoms with Crippen LogP contribution in [0.15, 0.2) is 65.3 Å². The summed E-state index contributed by atoms with van der Waals surface area (Å²) in [5.41, 5.74) is 6.74. The highest BCUT2D eigenvalue weighted by molar-refractivity contribution is 6.52. The fraction of sp³-hybridized carbons (Fsp3) is 0.276. The number of benzene rings is 2. The molecule has 1 atom stereocenters. The summed E-state index contributed by atoms with van der Waals surface area (Å²) < 4.78 is 0. The number of aliphatic imine (C=N–C) groups is 1.